The van der Waals surface area contributed by atoms with Gasteiger partial charge in [-0.1, -0.05) is 188 Å². The zero-order chi connectivity index (χ0) is 46.7. The highest BCUT2D eigenvalue weighted by atomic mass is 28.3. The first-order valence-electron chi connectivity index (χ1n) is 26.0. The molecule has 5 aliphatic rings. The van der Waals surface area contributed by atoms with E-state index in [4.69, 9.17) is 0 Å². The smallest absolute Gasteiger partial charge is 0.179 e. The Morgan fingerprint density at radius 3 is 1.44 bits per heavy atom. The van der Waals surface area contributed by atoms with Crippen LogP contribution in [-0.2, 0) is 5.41 Å². The molecule has 0 atom stereocenters. The molecule has 71 heavy (non-hydrogen) atoms. The summed E-state index contributed by atoms with van der Waals surface area (Å²) in [6.07, 6.45) is 6.76. The van der Waals surface area contributed by atoms with Crippen LogP contribution in [0.2, 0.25) is 0 Å². The van der Waals surface area contributed by atoms with Gasteiger partial charge in [0.15, 0.2) is 8.07 Å². The van der Waals surface area contributed by atoms with Crippen LogP contribution in [0.1, 0.15) is 43.2 Å². The quantitative estimate of drug-likeness (QED) is 0.109. The monoisotopic (exact) mass is 926 g/mol. The van der Waals surface area contributed by atoms with Crippen LogP contribution in [0.3, 0.4) is 0 Å². The van der Waals surface area contributed by atoms with Crippen LogP contribution in [0.4, 0.5) is 17.1 Å². The molecule has 0 unspecified atom stereocenters. The number of hydrogen-bond acceptors (Lipinski definition) is 1. The van der Waals surface area contributed by atoms with E-state index in [0.717, 1.165) is 11.8 Å². The lowest BCUT2D eigenvalue weighted by atomic mass is 9.43. The fourth-order valence-corrected chi connectivity index (χ4v) is 20.1. The molecule has 340 valence electrons. The number of aromatic nitrogens is 1. The van der Waals surface area contributed by atoms with Crippen LogP contribution >= 0.6 is 0 Å². The topological polar surface area (TPSA) is 8.17 Å². The minimum atomic E-state index is -2.73. The van der Waals surface area contributed by atoms with E-state index in [1.807, 2.05) is 0 Å². The van der Waals surface area contributed by atoms with Crippen LogP contribution in [0.25, 0.3) is 49.4 Å². The number of benzene rings is 10. The Balaban J connectivity index is 0.937. The first-order chi connectivity index (χ1) is 35.2. The van der Waals surface area contributed by atoms with Crippen molar-refractivity contribution in [3.05, 3.63) is 254 Å². The predicted octanol–water partition coefficient (Wildman–Crippen LogP) is 14.5. The predicted molar refractivity (Wildman–Crippen MR) is 300 cm³/mol. The lowest BCUT2D eigenvalue weighted by molar-refractivity contribution is -0.0399. The number of rotatable bonds is 8. The Kier molecular flexibility index (Phi) is 9.20. The largest absolute Gasteiger partial charge is 0.310 e. The standard InChI is InChI=1S/C68H54N2Si/c1-4-19-54(20-5-1)71(55-21-6-2-7-22-55,56-23-8-3-9-24-56)57-35-31-51(32-36-57)69(65-30-16-18-48-17-10-11-25-58(48)65)52-33-37-59-60-38-34-53(70-66-28-14-12-26-61(66)62-27-13-15-29-67(62)70)45-64(60)68(63(59)44-52)49-40-46-39-47(42-49)43-50(68)41-46/h1-38,44-47,49-50H,39-43H2. The Labute approximate surface area is 417 Å². The highest BCUT2D eigenvalue weighted by Gasteiger charge is 2.61. The van der Waals surface area contributed by atoms with Crippen molar-refractivity contribution in [1.29, 1.82) is 0 Å². The van der Waals surface area contributed by atoms with Gasteiger partial charge in [0, 0.05) is 38.6 Å². The molecule has 11 aromatic rings. The SMILES string of the molecule is c1ccc([Si](c2ccccc2)(c2ccccc2)c2ccc(N(c3ccc4c(c3)C3(c5cc(-n6c7ccccc7c7ccccc76)ccc5-4)C4CC5CC(C4)CC3C5)c3cccc4ccccc34)cc2)cc1. The Morgan fingerprint density at radius 1 is 0.380 bits per heavy atom. The molecule has 0 N–H and O–H groups in total. The van der Waals surface area contributed by atoms with E-state index in [-0.39, 0.29) is 5.41 Å². The summed E-state index contributed by atoms with van der Waals surface area (Å²) in [6.45, 7) is 0. The molecule has 10 aromatic carbocycles. The van der Waals surface area contributed by atoms with Crippen LogP contribution in [0.5, 0.6) is 0 Å². The van der Waals surface area contributed by atoms with E-state index in [2.05, 4.69) is 252 Å². The second-order valence-electron chi connectivity index (χ2n) is 21.2. The van der Waals surface area contributed by atoms with Gasteiger partial charge in [0.05, 0.1) is 16.7 Å². The number of hydrogen-bond donors (Lipinski definition) is 0. The number of anilines is 3. The molecule has 5 aliphatic carbocycles. The van der Waals surface area contributed by atoms with Gasteiger partial charge in [-0.05, 0) is 159 Å². The minimum Gasteiger partial charge on any atom is -0.310 e. The van der Waals surface area contributed by atoms with Gasteiger partial charge in [0.2, 0.25) is 0 Å². The number of nitrogens with zero attached hydrogens (tertiary/aromatic N) is 2. The van der Waals surface area contributed by atoms with Gasteiger partial charge in [0.25, 0.3) is 0 Å². The molecule has 4 saturated carbocycles. The van der Waals surface area contributed by atoms with Crippen molar-refractivity contribution in [2.75, 3.05) is 4.90 Å². The summed E-state index contributed by atoms with van der Waals surface area (Å²) < 4.78 is 2.54. The molecule has 0 saturated heterocycles. The minimum absolute atomic E-state index is 0.0383. The average molecular weight is 927 g/mol. The zero-order valence-electron chi connectivity index (χ0n) is 39.8. The molecule has 0 amide bonds. The summed E-state index contributed by atoms with van der Waals surface area (Å²) in [5, 5.41) is 10.7. The normalized spacial score (nSPS) is 20.7. The molecule has 3 heteroatoms. The first-order valence-corrected chi connectivity index (χ1v) is 28.0. The van der Waals surface area contributed by atoms with Crippen LogP contribution < -0.4 is 25.6 Å². The Bertz CT molecular complexity index is 3650. The van der Waals surface area contributed by atoms with Crippen molar-refractivity contribution < 1.29 is 0 Å². The lowest BCUT2D eigenvalue weighted by Gasteiger charge is -2.61. The van der Waals surface area contributed by atoms with Gasteiger partial charge >= 0.3 is 0 Å². The van der Waals surface area contributed by atoms with Gasteiger partial charge in [0.1, 0.15) is 0 Å². The summed E-state index contributed by atoms with van der Waals surface area (Å²) in [4.78, 5) is 2.58. The summed E-state index contributed by atoms with van der Waals surface area (Å²) in [5.74, 6) is 2.95. The highest BCUT2D eigenvalue weighted by molar-refractivity contribution is 7.19. The van der Waals surface area contributed by atoms with Gasteiger partial charge < -0.3 is 9.47 Å². The zero-order valence-corrected chi connectivity index (χ0v) is 40.8. The fourth-order valence-electron chi connectivity index (χ4n) is 15.4. The van der Waals surface area contributed by atoms with Crippen molar-refractivity contribution in [2.45, 2.75) is 37.5 Å². The average Bonchev–Trinajstić information content (AvgIpc) is 3.92. The fraction of sp³-hybridized carbons (Fsp3) is 0.147. The van der Waals surface area contributed by atoms with Crippen molar-refractivity contribution in [1.82, 2.24) is 4.57 Å². The summed E-state index contributed by atoms with van der Waals surface area (Å²) in [7, 11) is -2.73. The third-order valence-electron chi connectivity index (χ3n) is 17.9. The third kappa shape index (κ3) is 5.93. The first kappa shape index (κ1) is 41.1. The summed E-state index contributed by atoms with van der Waals surface area (Å²) in [6, 6.07) is 92.6. The molecular formula is C68H54N2Si. The van der Waals surface area contributed by atoms with E-state index in [0.29, 0.717) is 11.8 Å². The van der Waals surface area contributed by atoms with E-state index in [9.17, 15) is 0 Å². The van der Waals surface area contributed by atoms with Gasteiger partial charge in [-0.2, -0.15) is 0 Å². The van der Waals surface area contributed by atoms with Crippen LogP contribution in [-0.4, -0.2) is 12.6 Å². The molecule has 1 spiro atoms. The second kappa shape index (κ2) is 15.9. The third-order valence-corrected chi connectivity index (χ3v) is 22.7. The number of fused-ring (bicyclic) bond motifs is 7. The van der Waals surface area contributed by atoms with E-state index in [1.165, 1.54) is 119 Å². The van der Waals surface area contributed by atoms with Crippen molar-refractivity contribution in [2.24, 2.45) is 23.7 Å². The van der Waals surface area contributed by atoms with Crippen molar-refractivity contribution in [3.8, 4) is 16.8 Å². The Hall–Kier alpha value is -7.72. The van der Waals surface area contributed by atoms with Gasteiger partial charge in [-0.3, -0.25) is 0 Å². The van der Waals surface area contributed by atoms with Crippen molar-refractivity contribution >= 4 is 78.5 Å². The molecule has 2 nitrogen and oxygen atoms in total. The molecule has 4 fully saturated rings. The molecule has 0 radical (unpaired) electrons. The lowest BCUT2D eigenvalue weighted by Crippen LogP contribution is -2.74. The van der Waals surface area contributed by atoms with E-state index in [1.54, 1.807) is 11.1 Å². The molecule has 0 aliphatic heterocycles. The van der Waals surface area contributed by atoms with Gasteiger partial charge in [-0.15, -0.1) is 0 Å². The molecule has 16 rings (SSSR count). The van der Waals surface area contributed by atoms with E-state index < -0.39 is 8.07 Å². The molecule has 1 aromatic heterocycles. The molecular weight excluding hydrogens is 873 g/mol. The molecule has 4 bridgehead atoms. The van der Waals surface area contributed by atoms with Crippen molar-refractivity contribution in [3.63, 3.8) is 0 Å². The molecule has 1 heterocycles. The van der Waals surface area contributed by atoms with Gasteiger partial charge in [-0.25, -0.2) is 0 Å². The van der Waals surface area contributed by atoms with Crippen LogP contribution in [0.15, 0.2) is 243 Å². The summed E-state index contributed by atoms with van der Waals surface area (Å²) in [5.41, 5.74) is 13.4. The maximum atomic E-state index is 2.67. The number of para-hydroxylation sites is 2. The second-order valence-corrected chi connectivity index (χ2v) is 25.0. The van der Waals surface area contributed by atoms with Crippen LogP contribution in [0, 0.1) is 23.7 Å². The van der Waals surface area contributed by atoms with E-state index >= 15 is 0 Å². The Morgan fingerprint density at radius 2 is 0.845 bits per heavy atom. The summed E-state index contributed by atoms with van der Waals surface area (Å²) >= 11 is 0. The maximum Gasteiger partial charge on any atom is 0.179 e. The highest BCUT2D eigenvalue weighted by Crippen LogP contribution is 2.70. The maximum absolute atomic E-state index is 2.73.